The van der Waals surface area contributed by atoms with Crippen molar-refractivity contribution in [1.82, 2.24) is 18.6 Å². The number of sulfonamides is 2. The topological polar surface area (TPSA) is 125 Å². The van der Waals surface area contributed by atoms with Crippen molar-refractivity contribution < 1.29 is 35.1 Å². The van der Waals surface area contributed by atoms with Gasteiger partial charge in [-0.2, -0.15) is 8.61 Å². The summed E-state index contributed by atoms with van der Waals surface area (Å²) in [5.74, 6) is 0.330. The van der Waals surface area contributed by atoms with Crippen molar-refractivity contribution in [1.29, 1.82) is 0 Å². The van der Waals surface area contributed by atoms with Crippen LogP contribution in [0.15, 0.2) is 105 Å². The molecule has 8 rings (SSSR count). The molecule has 62 heavy (non-hydrogen) atoms. The quantitative estimate of drug-likeness (QED) is 0.119. The predicted molar refractivity (Wildman–Crippen MR) is 241 cm³/mol. The van der Waals surface area contributed by atoms with Crippen molar-refractivity contribution in [3.63, 3.8) is 0 Å². The van der Waals surface area contributed by atoms with Crippen LogP contribution in [-0.4, -0.2) is 102 Å². The number of methoxy groups -OCH3 is 2. The number of halogens is 4. The lowest BCUT2D eigenvalue weighted by molar-refractivity contribution is 0.384. The van der Waals surface area contributed by atoms with Gasteiger partial charge in [-0.15, -0.1) is 22.7 Å². The first-order valence-corrected chi connectivity index (χ1v) is 24.7. The van der Waals surface area contributed by atoms with Crippen LogP contribution in [0, 0.1) is 11.6 Å². The Hall–Kier alpha value is -4.40. The number of anilines is 2. The maximum atomic E-state index is 13.5. The molecular weight excluding hydrogens is 922 g/mol. The molecule has 12 nitrogen and oxygen atoms in total. The number of ether oxygens (including phenoxy) is 2. The molecule has 2 fully saturated rings. The molecule has 0 amide bonds. The van der Waals surface area contributed by atoms with E-state index in [1.54, 1.807) is 20.3 Å². The minimum absolute atomic E-state index is 0.0174. The molecule has 6 aromatic rings. The van der Waals surface area contributed by atoms with Crippen molar-refractivity contribution >= 4 is 76.2 Å². The normalized spacial score (nSPS) is 15.3. The molecule has 0 radical (unpaired) electrons. The second kappa shape index (κ2) is 20.0. The summed E-state index contributed by atoms with van der Waals surface area (Å²) in [5.41, 5.74) is 3.90. The van der Waals surface area contributed by atoms with Crippen LogP contribution in [0.2, 0.25) is 10.0 Å². The molecule has 0 spiro atoms. The lowest BCUT2D eigenvalue weighted by Gasteiger charge is -2.33. The lowest BCUT2D eigenvalue weighted by atomic mass is 10.1. The van der Waals surface area contributed by atoms with Gasteiger partial charge in [0.25, 0.3) is 0 Å². The van der Waals surface area contributed by atoms with Crippen LogP contribution in [0.4, 0.5) is 19.0 Å². The Morgan fingerprint density at radius 1 is 0.581 bits per heavy atom. The average molecular weight is 964 g/mol. The zero-order valence-corrected chi connectivity index (χ0v) is 38.4. The maximum absolute atomic E-state index is 13.5. The van der Waals surface area contributed by atoms with Gasteiger partial charge in [0.05, 0.1) is 45.4 Å². The van der Waals surface area contributed by atoms with Gasteiger partial charge in [0.2, 0.25) is 20.0 Å². The highest BCUT2D eigenvalue weighted by atomic mass is 35.5. The Bertz CT molecular complexity index is 2700. The van der Waals surface area contributed by atoms with E-state index in [9.17, 15) is 25.6 Å². The molecular formula is C42H42Cl2F2N6O6S4. The fraction of sp³-hybridized carbons (Fsp3) is 0.286. The van der Waals surface area contributed by atoms with E-state index in [0.29, 0.717) is 75.2 Å². The minimum atomic E-state index is -3.71. The third kappa shape index (κ3) is 11.0. The number of piperazine rings is 2. The van der Waals surface area contributed by atoms with Gasteiger partial charge in [-0.3, -0.25) is 0 Å². The minimum Gasteiger partial charge on any atom is -0.497 e. The SMILES string of the molecule is COc1cc(Cc2csc(N3CCN(S(=O)(=O)c4cccc(F)c4)CC3)n2)cc(OC)c1.O=S(=O)(c1cccc(F)c1)N1CCN(c2nc(Cc3ccc(Cl)c(Cl)c3)cs2)CC1. The van der Waals surface area contributed by atoms with E-state index < -0.39 is 31.7 Å². The van der Waals surface area contributed by atoms with E-state index in [4.69, 9.17) is 37.7 Å². The van der Waals surface area contributed by atoms with Gasteiger partial charge in [-0.25, -0.2) is 35.6 Å². The summed E-state index contributed by atoms with van der Waals surface area (Å²) < 4.78 is 91.5. The molecule has 2 saturated heterocycles. The Labute approximate surface area is 378 Å². The van der Waals surface area contributed by atoms with Crippen LogP contribution in [0.3, 0.4) is 0 Å². The van der Waals surface area contributed by atoms with Crippen molar-refractivity contribution in [3.8, 4) is 11.5 Å². The Balaban J connectivity index is 0.000000187. The average Bonchev–Trinajstić information content (AvgIpc) is 3.95. The van der Waals surface area contributed by atoms with Crippen LogP contribution in [0.5, 0.6) is 11.5 Å². The summed E-state index contributed by atoms with van der Waals surface area (Å²) in [4.78, 5) is 13.5. The second-order valence-corrected chi connectivity index (χ2v) is 20.6. The molecule has 2 aromatic heterocycles. The van der Waals surface area contributed by atoms with E-state index in [2.05, 4.69) is 14.8 Å². The van der Waals surface area contributed by atoms with E-state index >= 15 is 0 Å². The standard InChI is InChI=1S/C22H24FN3O4S2.C20H18Cl2FN3O2S2/c1-29-19-11-16(12-20(14-19)30-2)10-18-15-31-22(24-18)25-6-8-26(9-7-25)32(27,28)21-5-3-4-17(23)13-21;21-18-5-4-14(11-19(18)22)10-16-13-29-20(24-16)25-6-8-26(9-7-25)30(27,28)17-3-1-2-15(23)12-17/h3-5,11-15H,6-10H2,1-2H3;1-5,11-13H,6-10H2. The molecule has 0 atom stereocenters. The summed E-state index contributed by atoms with van der Waals surface area (Å²) >= 11 is 15.1. The van der Waals surface area contributed by atoms with Gasteiger partial charge < -0.3 is 19.3 Å². The Morgan fingerprint density at radius 2 is 1.03 bits per heavy atom. The van der Waals surface area contributed by atoms with Crippen LogP contribution < -0.4 is 19.3 Å². The lowest BCUT2D eigenvalue weighted by Crippen LogP contribution is -2.48. The smallest absolute Gasteiger partial charge is 0.243 e. The van der Waals surface area contributed by atoms with Gasteiger partial charge >= 0.3 is 0 Å². The van der Waals surface area contributed by atoms with Crippen molar-refractivity contribution in [3.05, 3.63) is 140 Å². The first-order chi connectivity index (χ1) is 29.7. The monoisotopic (exact) mass is 962 g/mol. The number of benzene rings is 4. The second-order valence-electron chi connectivity index (χ2n) is 14.3. The van der Waals surface area contributed by atoms with E-state index in [-0.39, 0.29) is 9.79 Å². The summed E-state index contributed by atoms with van der Waals surface area (Å²) in [7, 11) is -4.18. The molecule has 2 aliphatic heterocycles. The number of rotatable bonds is 12. The molecule has 0 N–H and O–H groups in total. The highest BCUT2D eigenvalue weighted by Gasteiger charge is 2.31. The number of thiazole rings is 2. The zero-order chi connectivity index (χ0) is 44.0. The van der Waals surface area contributed by atoms with Gasteiger partial charge in [0.1, 0.15) is 23.1 Å². The summed E-state index contributed by atoms with van der Waals surface area (Å²) in [6.45, 7) is 3.37. The Kier molecular flexibility index (Phi) is 14.7. The first kappa shape index (κ1) is 45.6. The van der Waals surface area contributed by atoms with Crippen LogP contribution in [0.25, 0.3) is 0 Å². The molecule has 20 heteroatoms. The first-order valence-electron chi connectivity index (χ1n) is 19.3. The number of aromatic nitrogens is 2. The molecule has 0 aliphatic carbocycles. The molecule has 328 valence electrons. The van der Waals surface area contributed by atoms with Crippen LogP contribution in [0.1, 0.15) is 22.5 Å². The van der Waals surface area contributed by atoms with Crippen LogP contribution in [-0.2, 0) is 32.9 Å². The molecule has 0 bridgehead atoms. The predicted octanol–water partition coefficient (Wildman–Crippen LogP) is 8.09. The number of hydrogen-bond acceptors (Lipinski definition) is 12. The number of hydrogen-bond donors (Lipinski definition) is 0. The van der Waals surface area contributed by atoms with E-state index in [0.717, 1.165) is 56.4 Å². The molecule has 0 saturated carbocycles. The highest BCUT2D eigenvalue weighted by Crippen LogP contribution is 2.30. The maximum Gasteiger partial charge on any atom is 0.243 e. The highest BCUT2D eigenvalue weighted by molar-refractivity contribution is 7.89. The van der Waals surface area contributed by atoms with E-state index in [1.165, 1.54) is 67.7 Å². The molecule has 4 heterocycles. The third-order valence-corrected chi connectivity index (χ3v) is 16.6. The summed E-state index contributed by atoms with van der Waals surface area (Å²) in [6, 6.07) is 21.5. The molecule has 4 aromatic carbocycles. The molecule has 0 unspecified atom stereocenters. The van der Waals surface area contributed by atoms with E-state index in [1.807, 2.05) is 41.1 Å². The third-order valence-electron chi connectivity index (χ3n) is 10.1. The molecule has 2 aliphatic rings. The summed E-state index contributed by atoms with van der Waals surface area (Å²) in [6.07, 6.45) is 1.28. The zero-order valence-electron chi connectivity index (χ0n) is 33.6. The van der Waals surface area contributed by atoms with Gasteiger partial charge in [0.15, 0.2) is 10.3 Å². The van der Waals surface area contributed by atoms with Gasteiger partial charge in [0, 0.05) is 82.0 Å². The Morgan fingerprint density at radius 3 is 1.45 bits per heavy atom. The van der Waals surface area contributed by atoms with Crippen molar-refractivity contribution in [2.45, 2.75) is 22.6 Å². The fourth-order valence-electron chi connectivity index (χ4n) is 6.87. The van der Waals surface area contributed by atoms with Crippen LogP contribution >= 0.6 is 45.9 Å². The van der Waals surface area contributed by atoms with Gasteiger partial charge in [-0.05, 0) is 71.8 Å². The largest absolute Gasteiger partial charge is 0.497 e. The number of nitrogens with zero attached hydrogens (tertiary/aromatic N) is 6. The van der Waals surface area contributed by atoms with Crippen molar-refractivity contribution in [2.75, 3.05) is 76.4 Å². The van der Waals surface area contributed by atoms with Gasteiger partial charge in [-0.1, -0.05) is 41.4 Å². The van der Waals surface area contributed by atoms with Crippen molar-refractivity contribution in [2.24, 2.45) is 0 Å². The summed E-state index contributed by atoms with van der Waals surface area (Å²) in [5, 5.41) is 6.75. The fourth-order valence-corrected chi connectivity index (χ4v) is 11.9.